The van der Waals surface area contributed by atoms with E-state index in [1.165, 1.54) is 31.4 Å². The predicted molar refractivity (Wildman–Crippen MR) is 96.5 cm³/mol. The van der Waals surface area contributed by atoms with Crippen LogP contribution in [0.2, 0.25) is 0 Å². The summed E-state index contributed by atoms with van der Waals surface area (Å²) in [7, 11) is 1.71. The first-order valence-electron chi connectivity index (χ1n) is 8.91. The number of likely N-dealkylation sites (tertiary alicyclic amines) is 1. The van der Waals surface area contributed by atoms with Crippen molar-refractivity contribution in [3.63, 3.8) is 0 Å². The first-order valence-corrected chi connectivity index (χ1v) is 8.91. The Kier molecular flexibility index (Phi) is 8.03. The minimum Gasteiger partial charge on any atom is -0.484 e. The summed E-state index contributed by atoms with van der Waals surface area (Å²) in [4.78, 5) is 6.63. The summed E-state index contributed by atoms with van der Waals surface area (Å²) < 4.78 is 41.1. The van der Waals surface area contributed by atoms with Gasteiger partial charge in [-0.1, -0.05) is 18.6 Å². The molecule has 0 unspecified atom stereocenters. The van der Waals surface area contributed by atoms with E-state index in [1.54, 1.807) is 19.2 Å². The Morgan fingerprint density at radius 3 is 2.42 bits per heavy atom. The number of hydrogen-bond donors (Lipinski definition) is 2. The number of nitrogens with one attached hydrogen (secondary N) is 2. The van der Waals surface area contributed by atoms with E-state index in [2.05, 4.69) is 20.5 Å². The standard InChI is InChI=1S/C18H27F3N4O/c1-22-17(23-9-12-25-10-3-2-4-11-25)24-13-15-5-7-16(8-6-15)26-14-18(19,20)21/h5-8H,2-4,9-14H2,1H3,(H2,22,23,24). The van der Waals surface area contributed by atoms with Gasteiger partial charge in [-0.2, -0.15) is 13.2 Å². The van der Waals surface area contributed by atoms with E-state index in [9.17, 15) is 13.2 Å². The number of halogens is 3. The molecule has 0 amide bonds. The summed E-state index contributed by atoms with van der Waals surface area (Å²) in [6.45, 7) is 3.39. The molecule has 1 aromatic rings. The highest BCUT2D eigenvalue weighted by molar-refractivity contribution is 5.79. The van der Waals surface area contributed by atoms with Crippen LogP contribution in [0.3, 0.4) is 0 Å². The molecule has 1 aliphatic rings. The number of hydrogen-bond acceptors (Lipinski definition) is 3. The first kappa shape index (κ1) is 20.4. The molecule has 0 bridgehead atoms. The van der Waals surface area contributed by atoms with Gasteiger partial charge in [-0.05, 0) is 43.6 Å². The van der Waals surface area contributed by atoms with Crippen molar-refractivity contribution in [1.82, 2.24) is 15.5 Å². The maximum atomic E-state index is 12.1. The highest BCUT2D eigenvalue weighted by atomic mass is 19.4. The number of benzene rings is 1. The fraction of sp³-hybridized carbons (Fsp3) is 0.611. The number of rotatable bonds is 7. The molecule has 2 N–H and O–H groups in total. The van der Waals surface area contributed by atoms with Crippen LogP contribution in [0.4, 0.5) is 13.2 Å². The molecule has 146 valence electrons. The Balaban J connectivity index is 1.68. The molecule has 2 rings (SSSR count). The molecular weight excluding hydrogens is 345 g/mol. The normalized spacial score (nSPS) is 16.4. The summed E-state index contributed by atoms with van der Waals surface area (Å²) in [6, 6.07) is 6.55. The number of piperidine rings is 1. The molecule has 0 atom stereocenters. The van der Waals surface area contributed by atoms with Crippen molar-refractivity contribution in [2.24, 2.45) is 4.99 Å². The minimum atomic E-state index is -4.33. The van der Waals surface area contributed by atoms with Crippen LogP contribution >= 0.6 is 0 Å². The number of alkyl halides is 3. The molecule has 1 heterocycles. The predicted octanol–water partition coefficient (Wildman–Crippen LogP) is 2.78. The molecular formula is C18H27F3N4O. The van der Waals surface area contributed by atoms with E-state index in [0.717, 1.165) is 31.7 Å². The van der Waals surface area contributed by atoms with E-state index in [1.807, 2.05) is 0 Å². The molecule has 0 aromatic heterocycles. The lowest BCUT2D eigenvalue weighted by Gasteiger charge is -2.26. The monoisotopic (exact) mass is 372 g/mol. The second kappa shape index (κ2) is 10.3. The molecule has 0 saturated carbocycles. The van der Waals surface area contributed by atoms with Crippen LogP contribution in [-0.2, 0) is 6.54 Å². The second-order valence-corrected chi connectivity index (χ2v) is 6.30. The third kappa shape index (κ3) is 7.95. The van der Waals surface area contributed by atoms with Crippen molar-refractivity contribution < 1.29 is 17.9 Å². The Morgan fingerprint density at radius 2 is 1.81 bits per heavy atom. The summed E-state index contributed by atoms with van der Waals surface area (Å²) in [6.07, 6.45) is -0.453. The molecule has 1 fully saturated rings. The maximum Gasteiger partial charge on any atom is 0.422 e. The minimum absolute atomic E-state index is 0.204. The third-order valence-corrected chi connectivity index (χ3v) is 4.18. The number of aliphatic imine (C=N–C) groups is 1. The molecule has 1 aromatic carbocycles. The Morgan fingerprint density at radius 1 is 1.12 bits per heavy atom. The molecule has 0 aliphatic carbocycles. The number of nitrogens with zero attached hydrogens (tertiary/aromatic N) is 2. The third-order valence-electron chi connectivity index (χ3n) is 4.18. The maximum absolute atomic E-state index is 12.1. The number of guanidine groups is 1. The summed E-state index contributed by atoms with van der Waals surface area (Å²) >= 11 is 0. The molecule has 1 saturated heterocycles. The summed E-state index contributed by atoms with van der Waals surface area (Å²) in [5.74, 6) is 0.912. The fourth-order valence-electron chi connectivity index (χ4n) is 2.79. The van der Waals surface area contributed by atoms with Crippen molar-refractivity contribution >= 4 is 5.96 Å². The Hall–Kier alpha value is -1.96. The zero-order chi connectivity index (χ0) is 18.8. The van der Waals surface area contributed by atoms with Crippen molar-refractivity contribution in [3.05, 3.63) is 29.8 Å². The van der Waals surface area contributed by atoms with Gasteiger partial charge in [0.1, 0.15) is 5.75 Å². The van der Waals surface area contributed by atoms with Crippen LogP contribution in [0.5, 0.6) is 5.75 Å². The van der Waals surface area contributed by atoms with Gasteiger partial charge >= 0.3 is 6.18 Å². The van der Waals surface area contributed by atoms with Crippen LogP contribution in [0, 0.1) is 0 Å². The van der Waals surface area contributed by atoms with Gasteiger partial charge in [0.15, 0.2) is 12.6 Å². The zero-order valence-corrected chi connectivity index (χ0v) is 15.1. The largest absolute Gasteiger partial charge is 0.484 e. The average molecular weight is 372 g/mol. The van der Waals surface area contributed by atoms with Crippen LogP contribution in [0.15, 0.2) is 29.3 Å². The molecule has 5 nitrogen and oxygen atoms in total. The van der Waals surface area contributed by atoms with Gasteiger partial charge in [-0.25, -0.2) is 0 Å². The van der Waals surface area contributed by atoms with Crippen molar-refractivity contribution in [1.29, 1.82) is 0 Å². The molecule has 0 radical (unpaired) electrons. The SMILES string of the molecule is CN=C(NCCN1CCCCC1)NCc1ccc(OCC(F)(F)F)cc1. The highest BCUT2D eigenvalue weighted by Crippen LogP contribution is 2.18. The van der Waals surface area contributed by atoms with Crippen LogP contribution in [0.1, 0.15) is 24.8 Å². The van der Waals surface area contributed by atoms with Gasteiger partial charge in [-0.15, -0.1) is 0 Å². The van der Waals surface area contributed by atoms with Crippen molar-refractivity contribution in [2.45, 2.75) is 32.0 Å². The highest BCUT2D eigenvalue weighted by Gasteiger charge is 2.28. The molecule has 8 heteroatoms. The Bertz CT molecular complexity index is 555. The number of ether oxygens (including phenoxy) is 1. The van der Waals surface area contributed by atoms with Gasteiger partial charge in [-0.3, -0.25) is 4.99 Å². The van der Waals surface area contributed by atoms with Crippen molar-refractivity contribution in [2.75, 3.05) is 39.8 Å². The van der Waals surface area contributed by atoms with E-state index in [-0.39, 0.29) is 5.75 Å². The van der Waals surface area contributed by atoms with Crippen LogP contribution in [-0.4, -0.2) is 56.9 Å². The van der Waals surface area contributed by atoms with Gasteiger partial charge in [0.25, 0.3) is 0 Å². The zero-order valence-electron chi connectivity index (χ0n) is 15.1. The van der Waals surface area contributed by atoms with E-state index in [4.69, 9.17) is 4.74 Å². The summed E-state index contributed by atoms with van der Waals surface area (Å²) in [5.41, 5.74) is 0.934. The smallest absolute Gasteiger partial charge is 0.422 e. The van der Waals surface area contributed by atoms with E-state index >= 15 is 0 Å². The lowest BCUT2D eigenvalue weighted by Crippen LogP contribution is -2.42. The van der Waals surface area contributed by atoms with Gasteiger partial charge in [0.2, 0.25) is 0 Å². The van der Waals surface area contributed by atoms with Gasteiger partial charge < -0.3 is 20.3 Å². The topological polar surface area (TPSA) is 48.9 Å². The quantitative estimate of drug-likeness (QED) is 0.571. The average Bonchev–Trinajstić information content (AvgIpc) is 2.64. The first-order chi connectivity index (χ1) is 12.5. The Labute approximate surface area is 152 Å². The van der Waals surface area contributed by atoms with Gasteiger partial charge in [0, 0.05) is 26.7 Å². The lowest BCUT2D eigenvalue weighted by molar-refractivity contribution is -0.153. The second-order valence-electron chi connectivity index (χ2n) is 6.30. The van der Waals surface area contributed by atoms with Gasteiger partial charge in [0.05, 0.1) is 0 Å². The van der Waals surface area contributed by atoms with E-state index < -0.39 is 12.8 Å². The van der Waals surface area contributed by atoms with Crippen LogP contribution < -0.4 is 15.4 Å². The fourth-order valence-corrected chi connectivity index (χ4v) is 2.79. The molecule has 1 aliphatic heterocycles. The lowest BCUT2D eigenvalue weighted by atomic mass is 10.1. The molecule has 26 heavy (non-hydrogen) atoms. The summed E-state index contributed by atoms with van der Waals surface area (Å²) in [5, 5.41) is 6.48. The van der Waals surface area contributed by atoms with Crippen molar-refractivity contribution in [3.8, 4) is 5.75 Å². The molecule has 0 spiro atoms. The van der Waals surface area contributed by atoms with E-state index in [0.29, 0.717) is 12.5 Å². The van der Waals surface area contributed by atoms with Crippen LogP contribution in [0.25, 0.3) is 0 Å².